The third-order valence-electron chi connectivity index (χ3n) is 7.77. The summed E-state index contributed by atoms with van der Waals surface area (Å²) in [5, 5.41) is 2.31. The lowest BCUT2D eigenvalue weighted by molar-refractivity contribution is -0.145. The number of halogens is 6. The molecular formula is C31H28F6N4O. The van der Waals surface area contributed by atoms with Crippen molar-refractivity contribution in [3.63, 3.8) is 0 Å². The van der Waals surface area contributed by atoms with E-state index in [0.717, 1.165) is 11.6 Å². The molecule has 5 rings (SSSR count). The van der Waals surface area contributed by atoms with E-state index in [-0.39, 0.29) is 39.6 Å². The number of nitrogens with one attached hydrogen (secondary N) is 1. The maximum atomic E-state index is 14.7. The second-order valence-corrected chi connectivity index (χ2v) is 10.9. The number of anilines is 1. The van der Waals surface area contributed by atoms with Crippen LogP contribution in [0.5, 0.6) is 0 Å². The number of carbonyl (C=O) groups excluding carboxylic acids is 1. The van der Waals surface area contributed by atoms with Crippen LogP contribution in [0.25, 0.3) is 5.70 Å². The van der Waals surface area contributed by atoms with Gasteiger partial charge in [0, 0.05) is 53.6 Å². The van der Waals surface area contributed by atoms with Crippen molar-refractivity contribution in [3.8, 4) is 0 Å². The molecule has 1 N–H and O–H groups in total. The Balaban J connectivity index is 1.64. The van der Waals surface area contributed by atoms with Crippen molar-refractivity contribution >= 4 is 28.8 Å². The Morgan fingerprint density at radius 1 is 1.00 bits per heavy atom. The minimum atomic E-state index is -5.05. The van der Waals surface area contributed by atoms with E-state index in [0.29, 0.717) is 19.2 Å². The Morgan fingerprint density at radius 2 is 1.62 bits per heavy atom. The molecule has 1 atom stereocenters. The molecule has 0 saturated carbocycles. The van der Waals surface area contributed by atoms with Crippen molar-refractivity contribution < 1.29 is 31.1 Å². The molecule has 0 spiro atoms. The first-order valence-electron chi connectivity index (χ1n) is 13.1. The third kappa shape index (κ3) is 5.23. The van der Waals surface area contributed by atoms with Crippen molar-refractivity contribution in [2.45, 2.75) is 37.7 Å². The van der Waals surface area contributed by atoms with Gasteiger partial charge < -0.3 is 15.1 Å². The SMILES string of the molecule is C=C1c2cc(C(F)(F)F)cc([C@H](Nc3ccccc3C(C)=O)C(F)(F)F)c2N=C(N2CC(C)(c3ccccc3)C2)N1C. The van der Waals surface area contributed by atoms with Crippen LogP contribution in [0.2, 0.25) is 0 Å². The van der Waals surface area contributed by atoms with Gasteiger partial charge in [-0.2, -0.15) is 26.3 Å². The van der Waals surface area contributed by atoms with Gasteiger partial charge in [0.15, 0.2) is 11.8 Å². The van der Waals surface area contributed by atoms with Crippen LogP contribution >= 0.6 is 0 Å². The monoisotopic (exact) mass is 586 g/mol. The van der Waals surface area contributed by atoms with Crippen LogP contribution in [-0.4, -0.2) is 47.9 Å². The van der Waals surface area contributed by atoms with E-state index in [2.05, 4.69) is 23.8 Å². The van der Waals surface area contributed by atoms with Gasteiger partial charge in [-0.15, -0.1) is 0 Å². The summed E-state index contributed by atoms with van der Waals surface area (Å²) in [6.45, 7) is 8.17. The first-order chi connectivity index (χ1) is 19.6. The number of fused-ring (bicyclic) bond motifs is 1. The van der Waals surface area contributed by atoms with Crippen molar-refractivity contribution in [1.29, 1.82) is 0 Å². The molecule has 0 aliphatic carbocycles. The fraction of sp³-hybridized carbons (Fsp3) is 0.290. The summed E-state index contributed by atoms with van der Waals surface area (Å²) in [4.78, 5) is 20.0. The second kappa shape index (κ2) is 10.2. The molecule has 42 heavy (non-hydrogen) atoms. The average Bonchev–Trinajstić information content (AvgIpc) is 2.91. The second-order valence-electron chi connectivity index (χ2n) is 10.9. The first-order valence-corrected chi connectivity index (χ1v) is 13.1. The van der Waals surface area contributed by atoms with Gasteiger partial charge >= 0.3 is 12.4 Å². The topological polar surface area (TPSA) is 47.9 Å². The molecule has 220 valence electrons. The molecule has 11 heteroatoms. The molecule has 0 unspecified atom stereocenters. The summed E-state index contributed by atoms with van der Waals surface area (Å²) in [5.41, 5.74) is -1.66. The smallest absolute Gasteiger partial charge is 0.370 e. The minimum Gasteiger partial charge on any atom is -0.370 e. The highest BCUT2D eigenvalue weighted by Gasteiger charge is 2.47. The molecule has 0 aromatic heterocycles. The van der Waals surface area contributed by atoms with Gasteiger partial charge in [0.2, 0.25) is 5.96 Å². The molecule has 0 amide bonds. The fourth-order valence-corrected chi connectivity index (χ4v) is 5.51. The Kier molecular flexibility index (Phi) is 7.11. The maximum absolute atomic E-state index is 14.7. The van der Waals surface area contributed by atoms with Gasteiger partial charge in [-0.25, -0.2) is 4.99 Å². The van der Waals surface area contributed by atoms with Crippen LogP contribution in [0.15, 0.2) is 78.3 Å². The van der Waals surface area contributed by atoms with E-state index in [1.165, 1.54) is 36.1 Å². The van der Waals surface area contributed by atoms with Crippen LogP contribution in [0.3, 0.4) is 0 Å². The van der Waals surface area contributed by atoms with E-state index in [4.69, 9.17) is 0 Å². The Hall–Kier alpha value is -4.28. The average molecular weight is 587 g/mol. The van der Waals surface area contributed by atoms with Crippen LogP contribution in [0.1, 0.15) is 52.5 Å². The van der Waals surface area contributed by atoms with Crippen LogP contribution in [0, 0.1) is 0 Å². The standard InChI is InChI=1S/C31H28F6N4O/c1-18-23-14-21(30(32,33)34)15-24(27(31(35,36)37)38-25-13-9-8-12-22(25)19(2)42)26(23)39-28(40(18)4)41-16-29(3,17-41)20-10-6-5-7-11-20/h5-15,27,38H,1,16-17H2,2-4H3/t27-/m0/s1. The zero-order chi connectivity index (χ0) is 30.6. The number of alkyl halides is 6. The van der Waals surface area contributed by atoms with Gasteiger partial charge in [0.05, 0.1) is 11.3 Å². The number of Topliss-reactive ketones (excluding diaryl/α,β-unsaturated/α-hetero) is 1. The molecule has 3 aromatic carbocycles. The van der Waals surface area contributed by atoms with Gasteiger partial charge in [0.25, 0.3) is 0 Å². The van der Waals surface area contributed by atoms with E-state index in [1.54, 1.807) is 7.05 Å². The predicted octanol–water partition coefficient (Wildman–Crippen LogP) is 7.80. The van der Waals surface area contributed by atoms with Gasteiger partial charge in [-0.1, -0.05) is 56.0 Å². The highest BCUT2D eigenvalue weighted by Crippen LogP contribution is 2.48. The molecule has 0 bridgehead atoms. The van der Waals surface area contributed by atoms with Crippen molar-refractivity contribution in [2.24, 2.45) is 4.99 Å². The van der Waals surface area contributed by atoms with E-state index in [9.17, 15) is 31.1 Å². The number of likely N-dealkylation sites (tertiary alicyclic amines) is 1. The lowest BCUT2D eigenvalue weighted by Gasteiger charge is -2.52. The zero-order valence-corrected chi connectivity index (χ0v) is 23.1. The zero-order valence-electron chi connectivity index (χ0n) is 23.1. The lowest BCUT2D eigenvalue weighted by atomic mass is 9.75. The Morgan fingerprint density at radius 3 is 2.21 bits per heavy atom. The normalized spacial score (nSPS) is 17.3. The largest absolute Gasteiger partial charge is 0.416 e. The van der Waals surface area contributed by atoms with Crippen molar-refractivity contribution in [2.75, 3.05) is 25.5 Å². The van der Waals surface area contributed by atoms with E-state index < -0.39 is 35.3 Å². The van der Waals surface area contributed by atoms with Crippen molar-refractivity contribution in [1.82, 2.24) is 9.80 Å². The number of benzene rings is 3. The van der Waals surface area contributed by atoms with Gasteiger partial charge in [0.1, 0.15) is 0 Å². The molecule has 2 aliphatic rings. The molecule has 0 radical (unpaired) electrons. The number of guanidine groups is 1. The number of aliphatic imine (C=N–C) groups is 1. The Labute approximate surface area is 239 Å². The Bertz CT molecular complexity index is 1570. The van der Waals surface area contributed by atoms with E-state index in [1.807, 2.05) is 35.2 Å². The number of hydrogen-bond donors (Lipinski definition) is 1. The predicted molar refractivity (Wildman–Crippen MR) is 150 cm³/mol. The number of carbonyl (C=O) groups is 1. The van der Waals surface area contributed by atoms with Crippen LogP contribution in [-0.2, 0) is 11.6 Å². The fourth-order valence-electron chi connectivity index (χ4n) is 5.51. The van der Waals surface area contributed by atoms with Gasteiger partial charge in [-0.05, 0) is 36.8 Å². The molecule has 5 nitrogen and oxygen atoms in total. The molecule has 2 heterocycles. The quantitative estimate of drug-likeness (QED) is 0.245. The first kappa shape index (κ1) is 29.2. The van der Waals surface area contributed by atoms with Gasteiger partial charge in [-0.3, -0.25) is 4.79 Å². The molecule has 1 fully saturated rings. The molecule has 2 aliphatic heterocycles. The maximum Gasteiger partial charge on any atom is 0.416 e. The van der Waals surface area contributed by atoms with E-state index >= 15 is 0 Å². The summed E-state index contributed by atoms with van der Waals surface area (Å²) in [6, 6.07) is 13.9. The van der Waals surface area contributed by atoms with Crippen LogP contribution < -0.4 is 5.32 Å². The highest BCUT2D eigenvalue weighted by atomic mass is 19.4. The minimum absolute atomic E-state index is 0.0262. The summed E-state index contributed by atoms with van der Waals surface area (Å²) in [7, 11) is 1.57. The lowest BCUT2D eigenvalue weighted by Crippen LogP contribution is -2.62. The summed E-state index contributed by atoms with van der Waals surface area (Å²) < 4.78 is 86.1. The van der Waals surface area contributed by atoms with Crippen molar-refractivity contribution in [3.05, 3.63) is 101 Å². The summed E-state index contributed by atoms with van der Waals surface area (Å²) >= 11 is 0. The number of para-hydroxylation sites is 1. The number of hydrogen-bond acceptors (Lipinski definition) is 5. The summed E-state index contributed by atoms with van der Waals surface area (Å²) in [6.07, 6.45) is -9.99. The van der Waals surface area contributed by atoms with Crippen LogP contribution in [0.4, 0.5) is 37.7 Å². The summed E-state index contributed by atoms with van der Waals surface area (Å²) in [5.74, 6) is -0.216. The number of rotatable bonds is 5. The highest BCUT2D eigenvalue weighted by molar-refractivity contribution is 6.00. The molecule has 1 saturated heterocycles. The third-order valence-corrected chi connectivity index (χ3v) is 7.77. The number of nitrogens with zero attached hydrogens (tertiary/aromatic N) is 3. The number of ketones is 1. The molecule has 3 aromatic rings. The molecular weight excluding hydrogens is 558 g/mol.